The fourth-order valence-electron chi connectivity index (χ4n) is 2.61. The lowest BCUT2D eigenvalue weighted by atomic mass is 9.99. The van der Waals surface area contributed by atoms with Crippen molar-refractivity contribution in [3.05, 3.63) is 17.7 Å². The van der Waals surface area contributed by atoms with Gasteiger partial charge in [0.1, 0.15) is 5.82 Å². The van der Waals surface area contributed by atoms with E-state index < -0.39 is 0 Å². The van der Waals surface area contributed by atoms with Crippen molar-refractivity contribution in [3.8, 4) is 0 Å². The standard InChI is InChI=1S/C12H18N2O/c1-2-6-14-8-11(13-12(14)5-1)10-4-3-7-15-9-10/h8,10H,1-7,9H2. The summed E-state index contributed by atoms with van der Waals surface area (Å²) in [6, 6.07) is 0. The highest BCUT2D eigenvalue weighted by molar-refractivity contribution is 5.11. The smallest absolute Gasteiger partial charge is 0.108 e. The van der Waals surface area contributed by atoms with Gasteiger partial charge in [0, 0.05) is 31.7 Å². The Bertz CT molecular complexity index is 316. The number of rotatable bonds is 1. The lowest BCUT2D eigenvalue weighted by Crippen LogP contribution is -2.15. The van der Waals surface area contributed by atoms with Crippen LogP contribution in [0.5, 0.6) is 0 Å². The molecule has 0 saturated carbocycles. The number of aromatic nitrogens is 2. The van der Waals surface area contributed by atoms with Crippen LogP contribution in [0.4, 0.5) is 0 Å². The van der Waals surface area contributed by atoms with E-state index in [4.69, 9.17) is 9.72 Å². The zero-order valence-corrected chi connectivity index (χ0v) is 9.11. The molecule has 1 aromatic heterocycles. The van der Waals surface area contributed by atoms with Gasteiger partial charge in [0.15, 0.2) is 0 Å². The molecule has 0 bridgehead atoms. The maximum absolute atomic E-state index is 5.52. The first-order valence-corrected chi connectivity index (χ1v) is 6.07. The van der Waals surface area contributed by atoms with Crippen molar-refractivity contribution < 1.29 is 4.74 Å². The molecule has 15 heavy (non-hydrogen) atoms. The molecular weight excluding hydrogens is 188 g/mol. The minimum Gasteiger partial charge on any atom is -0.381 e. The van der Waals surface area contributed by atoms with Crippen LogP contribution in [0, 0.1) is 0 Å². The Balaban J connectivity index is 1.82. The molecule has 0 aromatic carbocycles. The van der Waals surface area contributed by atoms with Crippen molar-refractivity contribution >= 4 is 0 Å². The van der Waals surface area contributed by atoms with Gasteiger partial charge in [-0.3, -0.25) is 0 Å². The van der Waals surface area contributed by atoms with E-state index in [1.54, 1.807) is 0 Å². The third-order valence-corrected chi connectivity index (χ3v) is 3.51. The summed E-state index contributed by atoms with van der Waals surface area (Å²) in [6.07, 6.45) is 8.46. The van der Waals surface area contributed by atoms with E-state index in [1.165, 1.54) is 37.2 Å². The van der Waals surface area contributed by atoms with Crippen molar-refractivity contribution in [3.63, 3.8) is 0 Å². The molecule has 3 nitrogen and oxygen atoms in total. The largest absolute Gasteiger partial charge is 0.381 e. The summed E-state index contributed by atoms with van der Waals surface area (Å²) in [7, 11) is 0. The second-order valence-corrected chi connectivity index (χ2v) is 4.65. The number of hydrogen-bond donors (Lipinski definition) is 0. The Morgan fingerprint density at radius 2 is 2.33 bits per heavy atom. The highest BCUT2D eigenvalue weighted by Gasteiger charge is 2.21. The summed E-state index contributed by atoms with van der Waals surface area (Å²) >= 11 is 0. The van der Waals surface area contributed by atoms with E-state index in [0.717, 1.165) is 26.2 Å². The van der Waals surface area contributed by atoms with Crippen LogP contribution < -0.4 is 0 Å². The Hall–Kier alpha value is -0.830. The zero-order valence-electron chi connectivity index (χ0n) is 9.11. The van der Waals surface area contributed by atoms with E-state index in [0.29, 0.717) is 5.92 Å². The normalized spacial score (nSPS) is 26.3. The maximum Gasteiger partial charge on any atom is 0.108 e. The second-order valence-electron chi connectivity index (χ2n) is 4.65. The van der Waals surface area contributed by atoms with Crippen LogP contribution in [-0.4, -0.2) is 22.8 Å². The minimum atomic E-state index is 0.553. The van der Waals surface area contributed by atoms with E-state index >= 15 is 0 Å². The van der Waals surface area contributed by atoms with E-state index in [9.17, 15) is 0 Å². The number of aryl methyl sites for hydroxylation is 2. The van der Waals surface area contributed by atoms with E-state index in [-0.39, 0.29) is 0 Å². The van der Waals surface area contributed by atoms with Crippen LogP contribution in [0.1, 0.15) is 43.1 Å². The fraction of sp³-hybridized carbons (Fsp3) is 0.750. The molecule has 1 fully saturated rings. The Morgan fingerprint density at radius 1 is 1.33 bits per heavy atom. The average molecular weight is 206 g/mol. The molecule has 1 saturated heterocycles. The average Bonchev–Trinajstić information content (AvgIpc) is 2.74. The number of hydrogen-bond acceptors (Lipinski definition) is 2. The quantitative estimate of drug-likeness (QED) is 0.703. The third-order valence-electron chi connectivity index (χ3n) is 3.51. The van der Waals surface area contributed by atoms with Gasteiger partial charge in [-0.2, -0.15) is 0 Å². The van der Waals surface area contributed by atoms with Crippen molar-refractivity contribution in [1.29, 1.82) is 0 Å². The summed E-state index contributed by atoms with van der Waals surface area (Å²) < 4.78 is 7.86. The van der Waals surface area contributed by atoms with Gasteiger partial charge in [-0.15, -0.1) is 0 Å². The van der Waals surface area contributed by atoms with Gasteiger partial charge in [0.05, 0.1) is 12.3 Å². The molecule has 3 heterocycles. The van der Waals surface area contributed by atoms with E-state index in [1.807, 2.05) is 0 Å². The first kappa shape index (κ1) is 9.40. The van der Waals surface area contributed by atoms with Gasteiger partial charge in [-0.25, -0.2) is 4.98 Å². The summed E-state index contributed by atoms with van der Waals surface area (Å²) in [4.78, 5) is 4.76. The summed E-state index contributed by atoms with van der Waals surface area (Å²) in [5.41, 5.74) is 1.27. The lowest BCUT2D eigenvalue weighted by Gasteiger charge is -2.19. The first-order chi connectivity index (χ1) is 7.43. The monoisotopic (exact) mass is 206 g/mol. The summed E-state index contributed by atoms with van der Waals surface area (Å²) in [5, 5.41) is 0. The molecule has 0 N–H and O–H groups in total. The van der Waals surface area contributed by atoms with Gasteiger partial charge >= 0.3 is 0 Å². The number of fused-ring (bicyclic) bond motifs is 1. The Labute approximate surface area is 90.5 Å². The Morgan fingerprint density at radius 3 is 3.13 bits per heavy atom. The molecule has 1 aromatic rings. The maximum atomic E-state index is 5.52. The first-order valence-electron chi connectivity index (χ1n) is 6.07. The predicted octanol–water partition coefficient (Wildman–Crippen LogP) is 2.11. The molecule has 0 radical (unpaired) electrons. The molecule has 82 valence electrons. The van der Waals surface area contributed by atoms with Gasteiger partial charge in [-0.1, -0.05) is 0 Å². The topological polar surface area (TPSA) is 27.1 Å². The van der Waals surface area contributed by atoms with Gasteiger partial charge in [0.25, 0.3) is 0 Å². The third kappa shape index (κ3) is 1.81. The van der Waals surface area contributed by atoms with Gasteiger partial charge in [0.2, 0.25) is 0 Å². The van der Waals surface area contributed by atoms with Crippen LogP contribution in [0.25, 0.3) is 0 Å². The molecule has 3 rings (SSSR count). The summed E-state index contributed by atoms with van der Waals surface area (Å²) in [5.74, 6) is 1.85. The molecule has 3 heteroatoms. The van der Waals surface area contributed by atoms with Crippen LogP contribution in [0.15, 0.2) is 6.20 Å². The van der Waals surface area contributed by atoms with Crippen molar-refractivity contribution in [2.75, 3.05) is 13.2 Å². The van der Waals surface area contributed by atoms with Gasteiger partial charge < -0.3 is 9.30 Å². The highest BCUT2D eigenvalue weighted by Crippen LogP contribution is 2.26. The molecular formula is C12H18N2O. The number of imidazole rings is 1. The minimum absolute atomic E-state index is 0.553. The molecule has 2 aliphatic rings. The Kier molecular flexibility index (Phi) is 2.49. The lowest BCUT2D eigenvalue weighted by molar-refractivity contribution is 0.0794. The van der Waals surface area contributed by atoms with Crippen molar-refractivity contribution in [1.82, 2.24) is 9.55 Å². The summed E-state index contributed by atoms with van der Waals surface area (Å²) in [6.45, 7) is 2.97. The second kappa shape index (κ2) is 3.97. The fourth-order valence-corrected chi connectivity index (χ4v) is 2.61. The molecule has 2 aliphatic heterocycles. The van der Waals surface area contributed by atoms with Crippen molar-refractivity contribution in [2.45, 2.75) is 44.6 Å². The van der Waals surface area contributed by atoms with E-state index in [2.05, 4.69) is 10.8 Å². The van der Waals surface area contributed by atoms with Gasteiger partial charge in [-0.05, 0) is 25.7 Å². The van der Waals surface area contributed by atoms with Crippen LogP contribution >= 0.6 is 0 Å². The number of nitrogens with zero attached hydrogens (tertiary/aromatic N) is 2. The molecule has 0 aliphatic carbocycles. The zero-order chi connectivity index (χ0) is 10.1. The molecule has 1 unspecified atom stereocenters. The number of ether oxygens (including phenoxy) is 1. The predicted molar refractivity (Wildman–Crippen MR) is 58.0 cm³/mol. The van der Waals surface area contributed by atoms with Crippen LogP contribution in [-0.2, 0) is 17.7 Å². The molecule has 0 spiro atoms. The highest BCUT2D eigenvalue weighted by atomic mass is 16.5. The molecule has 0 amide bonds. The van der Waals surface area contributed by atoms with Crippen LogP contribution in [0.3, 0.4) is 0 Å². The molecule has 1 atom stereocenters. The SMILES string of the molecule is c1c(C2CCCOC2)nc2n1CCCC2. The van der Waals surface area contributed by atoms with Crippen molar-refractivity contribution in [2.24, 2.45) is 0 Å². The van der Waals surface area contributed by atoms with Crippen LogP contribution in [0.2, 0.25) is 0 Å².